The quantitative estimate of drug-likeness (QED) is 0.370. The fourth-order valence-electron chi connectivity index (χ4n) is 1.46. The Morgan fingerprint density at radius 3 is 2.64 bits per heavy atom. The van der Waals surface area contributed by atoms with Crippen LogP contribution in [0.5, 0.6) is 0 Å². The number of aliphatic hydroxyl groups is 1. The maximum absolute atomic E-state index is 10.1. The highest BCUT2D eigenvalue weighted by Crippen LogP contribution is 2.11. The fraction of sp³-hybridized carbons (Fsp3) is 0.750. The minimum absolute atomic E-state index is 0.275. The van der Waals surface area contributed by atoms with Crippen LogP contribution in [0.25, 0.3) is 0 Å². The lowest BCUT2D eigenvalue weighted by Crippen LogP contribution is -2.06. The summed E-state index contributed by atoms with van der Waals surface area (Å²) in [5.74, 6) is 0. The second-order valence-electron chi connectivity index (χ2n) is 3.86. The predicted molar refractivity (Wildman–Crippen MR) is 59.2 cm³/mol. The van der Waals surface area contributed by atoms with E-state index >= 15 is 0 Å². The number of carbonyl (C=O) groups excluding carboxylic acids is 1. The Bertz CT molecular complexity index is 173. The lowest BCUT2D eigenvalue weighted by atomic mass is 10.0. The molecule has 0 aliphatic rings. The Hall–Kier alpha value is -0.630. The Morgan fingerprint density at radius 2 is 2.07 bits per heavy atom. The van der Waals surface area contributed by atoms with Gasteiger partial charge in [-0.25, -0.2) is 0 Å². The molecule has 0 aromatic carbocycles. The van der Waals surface area contributed by atoms with E-state index in [1.165, 1.54) is 25.3 Å². The summed E-state index contributed by atoms with van der Waals surface area (Å²) in [6.45, 7) is 4.05. The zero-order valence-electron chi connectivity index (χ0n) is 9.33. The summed E-state index contributed by atoms with van der Waals surface area (Å²) < 4.78 is 0. The van der Waals surface area contributed by atoms with Crippen molar-refractivity contribution in [3.63, 3.8) is 0 Å². The Morgan fingerprint density at radius 1 is 1.36 bits per heavy atom. The van der Waals surface area contributed by atoms with E-state index < -0.39 is 0 Å². The molecule has 82 valence electrons. The van der Waals surface area contributed by atoms with Crippen LogP contribution in [0.1, 0.15) is 52.4 Å². The summed E-state index contributed by atoms with van der Waals surface area (Å²) >= 11 is 0. The van der Waals surface area contributed by atoms with E-state index in [-0.39, 0.29) is 6.10 Å². The van der Waals surface area contributed by atoms with Crippen LogP contribution < -0.4 is 0 Å². The van der Waals surface area contributed by atoms with Crippen LogP contribution in [0, 0.1) is 0 Å². The van der Waals surface area contributed by atoms with Gasteiger partial charge in [-0.05, 0) is 25.8 Å². The second kappa shape index (κ2) is 8.95. The lowest BCUT2D eigenvalue weighted by molar-refractivity contribution is -0.104. The van der Waals surface area contributed by atoms with Crippen LogP contribution in [0.3, 0.4) is 0 Å². The standard InChI is InChI=1S/C12H22O2/c1-3-4-5-6-7-12(14)10-11(2)8-9-13/h8-9,12,14H,3-7,10H2,1-2H3/b11-8+. The van der Waals surface area contributed by atoms with Crippen molar-refractivity contribution in [2.24, 2.45) is 0 Å². The van der Waals surface area contributed by atoms with E-state index in [9.17, 15) is 9.90 Å². The second-order valence-corrected chi connectivity index (χ2v) is 3.86. The number of allylic oxidation sites excluding steroid dienone is 1. The molecule has 0 fully saturated rings. The van der Waals surface area contributed by atoms with Gasteiger partial charge in [-0.1, -0.05) is 38.2 Å². The third-order valence-corrected chi connectivity index (χ3v) is 2.30. The van der Waals surface area contributed by atoms with Crippen LogP contribution in [0.2, 0.25) is 0 Å². The zero-order valence-corrected chi connectivity index (χ0v) is 9.33. The van der Waals surface area contributed by atoms with Gasteiger partial charge in [0.15, 0.2) is 0 Å². The summed E-state index contributed by atoms with van der Waals surface area (Å²) in [6.07, 6.45) is 8.26. The Kier molecular flexibility index (Phi) is 8.54. The fourth-order valence-corrected chi connectivity index (χ4v) is 1.46. The van der Waals surface area contributed by atoms with Gasteiger partial charge in [0, 0.05) is 0 Å². The number of carbonyl (C=O) groups is 1. The van der Waals surface area contributed by atoms with Crippen molar-refractivity contribution in [2.45, 2.75) is 58.5 Å². The third kappa shape index (κ3) is 7.99. The van der Waals surface area contributed by atoms with Gasteiger partial charge in [0.05, 0.1) is 6.10 Å². The highest BCUT2D eigenvalue weighted by atomic mass is 16.3. The van der Waals surface area contributed by atoms with Crippen molar-refractivity contribution in [2.75, 3.05) is 0 Å². The topological polar surface area (TPSA) is 37.3 Å². The van der Waals surface area contributed by atoms with Gasteiger partial charge in [0.2, 0.25) is 0 Å². The smallest absolute Gasteiger partial charge is 0.142 e. The van der Waals surface area contributed by atoms with Gasteiger partial charge in [-0.3, -0.25) is 4.79 Å². The molecule has 0 aliphatic carbocycles. The molecule has 0 aliphatic heterocycles. The van der Waals surface area contributed by atoms with Crippen molar-refractivity contribution >= 4 is 6.29 Å². The van der Waals surface area contributed by atoms with Crippen LogP contribution in [-0.4, -0.2) is 17.5 Å². The van der Waals surface area contributed by atoms with Crippen molar-refractivity contribution in [3.05, 3.63) is 11.6 Å². The molecular formula is C12H22O2. The number of aliphatic hydroxyl groups excluding tert-OH is 1. The molecule has 1 N–H and O–H groups in total. The van der Waals surface area contributed by atoms with Crippen molar-refractivity contribution in [3.8, 4) is 0 Å². The van der Waals surface area contributed by atoms with Crippen LogP contribution in [0.4, 0.5) is 0 Å². The zero-order chi connectivity index (χ0) is 10.8. The maximum Gasteiger partial charge on any atom is 0.142 e. The molecule has 0 radical (unpaired) electrons. The van der Waals surface area contributed by atoms with E-state index in [1.807, 2.05) is 6.92 Å². The van der Waals surface area contributed by atoms with Crippen LogP contribution >= 0.6 is 0 Å². The summed E-state index contributed by atoms with van der Waals surface area (Å²) in [5.41, 5.74) is 0.961. The highest BCUT2D eigenvalue weighted by Gasteiger charge is 2.04. The molecule has 14 heavy (non-hydrogen) atoms. The van der Waals surface area contributed by atoms with Crippen molar-refractivity contribution in [1.82, 2.24) is 0 Å². The van der Waals surface area contributed by atoms with Gasteiger partial charge in [0.25, 0.3) is 0 Å². The van der Waals surface area contributed by atoms with E-state index in [2.05, 4.69) is 6.92 Å². The van der Waals surface area contributed by atoms with Gasteiger partial charge < -0.3 is 5.11 Å². The normalized spacial score (nSPS) is 14.1. The first kappa shape index (κ1) is 13.4. The predicted octanol–water partition coefficient (Wildman–Crippen LogP) is 2.85. The average Bonchev–Trinajstić information content (AvgIpc) is 2.13. The number of hydrogen-bond acceptors (Lipinski definition) is 2. The molecule has 1 atom stereocenters. The Labute approximate surface area is 87.0 Å². The van der Waals surface area contributed by atoms with E-state index in [0.717, 1.165) is 24.7 Å². The van der Waals surface area contributed by atoms with Gasteiger partial charge in [-0.2, -0.15) is 0 Å². The molecule has 1 unspecified atom stereocenters. The van der Waals surface area contributed by atoms with Gasteiger partial charge in [-0.15, -0.1) is 0 Å². The maximum atomic E-state index is 10.1. The summed E-state index contributed by atoms with van der Waals surface area (Å²) in [5, 5.41) is 9.59. The monoisotopic (exact) mass is 198 g/mol. The molecule has 0 aromatic heterocycles. The number of unbranched alkanes of at least 4 members (excludes halogenated alkanes) is 3. The number of rotatable bonds is 8. The first-order valence-corrected chi connectivity index (χ1v) is 5.49. The summed E-state index contributed by atoms with van der Waals surface area (Å²) in [4.78, 5) is 10.1. The molecule has 2 heteroatoms. The van der Waals surface area contributed by atoms with Crippen molar-refractivity contribution in [1.29, 1.82) is 0 Å². The lowest BCUT2D eigenvalue weighted by Gasteiger charge is -2.09. The van der Waals surface area contributed by atoms with E-state index in [0.29, 0.717) is 6.42 Å². The van der Waals surface area contributed by atoms with Crippen LogP contribution in [-0.2, 0) is 4.79 Å². The first-order chi connectivity index (χ1) is 6.70. The van der Waals surface area contributed by atoms with Gasteiger partial charge >= 0.3 is 0 Å². The van der Waals surface area contributed by atoms with Crippen molar-refractivity contribution < 1.29 is 9.90 Å². The molecule has 0 saturated heterocycles. The molecule has 0 amide bonds. The van der Waals surface area contributed by atoms with Gasteiger partial charge in [0.1, 0.15) is 6.29 Å². The molecule has 0 aromatic rings. The average molecular weight is 198 g/mol. The minimum atomic E-state index is -0.275. The summed E-state index contributed by atoms with van der Waals surface area (Å²) in [7, 11) is 0. The van der Waals surface area contributed by atoms with E-state index in [4.69, 9.17) is 0 Å². The summed E-state index contributed by atoms with van der Waals surface area (Å²) in [6, 6.07) is 0. The molecule has 0 rings (SSSR count). The molecule has 0 heterocycles. The SMILES string of the molecule is CCCCCCC(O)C/C(C)=C/C=O. The molecular weight excluding hydrogens is 176 g/mol. The number of hydrogen-bond donors (Lipinski definition) is 1. The number of aldehydes is 1. The van der Waals surface area contributed by atoms with Crippen LogP contribution in [0.15, 0.2) is 11.6 Å². The largest absolute Gasteiger partial charge is 0.393 e. The molecule has 0 spiro atoms. The molecule has 0 bridgehead atoms. The minimum Gasteiger partial charge on any atom is -0.393 e. The van der Waals surface area contributed by atoms with E-state index in [1.54, 1.807) is 0 Å². The molecule has 0 saturated carbocycles. The Balaban J connectivity index is 3.49. The highest BCUT2D eigenvalue weighted by molar-refractivity contribution is 5.65. The first-order valence-electron chi connectivity index (χ1n) is 5.49. The molecule has 2 nitrogen and oxygen atoms in total. The third-order valence-electron chi connectivity index (χ3n) is 2.30.